The molecule has 0 amide bonds. The maximum Gasteiger partial charge on any atom is 0.0595 e. The highest BCUT2D eigenvalue weighted by Gasteiger charge is 2.26. The van der Waals surface area contributed by atoms with E-state index in [-0.39, 0.29) is 0 Å². The molecule has 0 aliphatic carbocycles. The van der Waals surface area contributed by atoms with Crippen LogP contribution < -0.4 is 10.2 Å². The maximum atomic E-state index is 6.29. The Morgan fingerprint density at radius 3 is 2.45 bits per heavy atom. The van der Waals surface area contributed by atoms with Crippen molar-refractivity contribution in [3.8, 4) is 0 Å². The summed E-state index contributed by atoms with van der Waals surface area (Å²) in [4.78, 5) is 2.39. The van der Waals surface area contributed by atoms with Gasteiger partial charge in [0.1, 0.15) is 0 Å². The first-order valence-corrected chi connectivity index (χ1v) is 8.36. The van der Waals surface area contributed by atoms with Crippen LogP contribution in [0.25, 0.3) is 0 Å². The Labute approximate surface area is 146 Å². The zero-order valence-electron chi connectivity index (χ0n) is 12.2. The minimum absolute atomic E-state index is 0.464. The van der Waals surface area contributed by atoms with E-state index in [9.17, 15) is 0 Å². The van der Waals surface area contributed by atoms with Crippen molar-refractivity contribution in [1.82, 2.24) is 5.32 Å². The topological polar surface area (TPSA) is 15.3 Å². The number of benzene rings is 2. The zero-order chi connectivity index (χ0) is 15.7. The van der Waals surface area contributed by atoms with E-state index in [4.69, 9.17) is 34.8 Å². The van der Waals surface area contributed by atoms with Crippen LogP contribution in [0.2, 0.25) is 15.1 Å². The molecule has 22 heavy (non-hydrogen) atoms. The van der Waals surface area contributed by atoms with Gasteiger partial charge in [-0.1, -0.05) is 46.9 Å². The van der Waals surface area contributed by atoms with Crippen LogP contribution in [0.15, 0.2) is 36.4 Å². The number of anilines is 1. The van der Waals surface area contributed by atoms with Gasteiger partial charge in [0, 0.05) is 30.3 Å². The first-order valence-electron chi connectivity index (χ1n) is 7.22. The van der Waals surface area contributed by atoms with Gasteiger partial charge in [-0.2, -0.15) is 0 Å². The van der Waals surface area contributed by atoms with E-state index >= 15 is 0 Å². The van der Waals surface area contributed by atoms with Crippen LogP contribution in [0.4, 0.5) is 5.69 Å². The Morgan fingerprint density at radius 1 is 1.05 bits per heavy atom. The highest BCUT2D eigenvalue weighted by Crippen LogP contribution is 2.31. The Bertz CT molecular complexity index is 684. The van der Waals surface area contributed by atoms with Crippen molar-refractivity contribution < 1.29 is 0 Å². The van der Waals surface area contributed by atoms with E-state index in [0.29, 0.717) is 16.1 Å². The normalized spacial score (nSPS) is 14.7. The third-order valence-corrected chi connectivity index (χ3v) is 5.23. The van der Waals surface area contributed by atoms with Gasteiger partial charge in [-0.25, -0.2) is 0 Å². The van der Waals surface area contributed by atoms with Crippen LogP contribution in [-0.2, 0) is 6.54 Å². The molecular weight excluding hydrogens is 339 g/mol. The second-order valence-corrected chi connectivity index (χ2v) is 6.79. The molecule has 2 aromatic rings. The molecule has 1 heterocycles. The van der Waals surface area contributed by atoms with Gasteiger partial charge in [-0.3, -0.25) is 0 Å². The molecule has 2 aromatic carbocycles. The first-order chi connectivity index (χ1) is 10.6. The first kappa shape index (κ1) is 15.9. The average Bonchev–Trinajstić information content (AvgIpc) is 2.43. The van der Waals surface area contributed by atoms with Crippen molar-refractivity contribution in [2.75, 3.05) is 18.0 Å². The molecule has 0 unspecified atom stereocenters. The van der Waals surface area contributed by atoms with Gasteiger partial charge >= 0.3 is 0 Å². The number of hydrogen-bond donors (Lipinski definition) is 1. The molecule has 0 saturated carbocycles. The molecule has 1 aliphatic rings. The minimum Gasteiger partial charge on any atom is -0.361 e. The summed E-state index contributed by atoms with van der Waals surface area (Å²) in [6.07, 6.45) is 0. The summed E-state index contributed by atoms with van der Waals surface area (Å²) in [5.41, 5.74) is 3.42. The predicted octanol–water partition coefficient (Wildman–Crippen LogP) is 4.93. The molecule has 1 N–H and O–H groups in total. The maximum absolute atomic E-state index is 6.29. The lowest BCUT2D eigenvalue weighted by Crippen LogP contribution is -2.57. The van der Waals surface area contributed by atoms with Crippen molar-refractivity contribution in [2.45, 2.75) is 19.5 Å². The van der Waals surface area contributed by atoms with E-state index in [1.165, 1.54) is 5.69 Å². The molecule has 0 aromatic heterocycles. The molecule has 116 valence electrons. The van der Waals surface area contributed by atoms with Gasteiger partial charge in [0.2, 0.25) is 0 Å². The molecule has 5 heteroatoms. The molecule has 3 rings (SSSR count). The largest absolute Gasteiger partial charge is 0.361 e. The van der Waals surface area contributed by atoms with Crippen LogP contribution >= 0.6 is 34.8 Å². The van der Waals surface area contributed by atoms with Crippen molar-refractivity contribution in [3.05, 3.63) is 62.6 Å². The summed E-state index contributed by atoms with van der Waals surface area (Å²) >= 11 is 18.4. The van der Waals surface area contributed by atoms with E-state index in [1.54, 1.807) is 0 Å². The fourth-order valence-corrected chi connectivity index (χ4v) is 3.14. The molecule has 1 aliphatic heterocycles. The molecule has 0 radical (unpaired) electrons. The van der Waals surface area contributed by atoms with Gasteiger partial charge in [0.15, 0.2) is 0 Å². The Balaban J connectivity index is 1.93. The number of rotatable bonds is 4. The molecule has 0 bridgehead atoms. The molecule has 2 nitrogen and oxygen atoms in total. The Kier molecular flexibility index (Phi) is 4.84. The summed E-state index contributed by atoms with van der Waals surface area (Å²) in [6.45, 7) is 4.80. The van der Waals surface area contributed by atoms with Crippen LogP contribution in [0, 0.1) is 6.92 Å². The van der Waals surface area contributed by atoms with Gasteiger partial charge in [0.05, 0.1) is 16.1 Å². The molecule has 1 fully saturated rings. The van der Waals surface area contributed by atoms with Crippen molar-refractivity contribution >= 4 is 40.5 Å². The lowest BCUT2D eigenvalue weighted by Gasteiger charge is -2.41. The number of nitrogens with one attached hydrogen (secondary N) is 1. The summed E-state index contributed by atoms with van der Waals surface area (Å²) in [7, 11) is 0. The van der Waals surface area contributed by atoms with Gasteiger partial charge < -0.3 is 10.2 Å². The zero-order valence-corrected chi connectivity index (χ0v) is 14.5. The van der Waals surface area contributed by atoms with E-state index < -0.39 is 0 Å². The average molecular weight is 356 g/mol. The van der Waals surface area contributed by atoms with Crippen LogP contribution in [-0.4, -0.2) is 19.1 Å². The molecule has 1 saturated heterocycles. The number of hydrogen-bond acceptors (Lipinski definition) is 2. The summed E-state index contributed by atoms with van der Waals surface area (Å²) < 4.78 is 0. The standard InChI is InChI=1S/C17H17Cl3N2/c1-11-14(18)3-2-4-17(11)22(13-8-21-9-13)10-12-5-6-15(19)16(20)7-12/h2-7,13,21H,8-10H2,1H3. The van der Waals surface area contributed by atoms with Gasteiger partial charge in [-0.15, -0.1) is 0 Å². The van der Waals surface area contributed by atoms with Crippen LogP contribution in [0.1, 0.15) is 11.1 Å². The molecule has 0 atom stereocenters. The SMILES string of the molecule is Cc1c(Cl)cccc1N(Cc1ccc(Cl)c(Cl)c1)C1CNC1. The summed E-state index contributed by atoms with van der Waals surface area (Å²) in [5, 5.41) is 5.30. The highest BCUT2D eigenvalue weighted by molar-refractivity contribution is 6.42. The summed E-state index contributed by atoms with van der Waals surface area (Å²) in [6, 6.07) is 12.3. The Morgan fingerprint density at radius 2 is 1.82 bits per heavy atom. The van der Waals surface area contributed by atoms with Gasteiger partial charge in [-0.05, 0) is 42.3 Å². The lowest BCUT2D eigenvalue weighted by molar-refractivity contribution is 0.411. The van der Waals surface area contributed by atoms with E-state index in [2.05, 4.69) is 23.2 Å². The van der Waals surface area contributed by atoms with Gasteiger partial charge in [0.25, 0.3) is 0 Å². The second kappa shape index (κ2) is 6.67. The lowest BCUT2D eigenvalue weighted by atomic mass is 10.0. The van der Waals surface area contributed by atoms with Crippen LogP contribution in [0.5, 0.6) is 0 Å². The number of halogens is 3. The summed E-state index contributed by atoms with van der Waals surface area (Å²) in [5.74, 6) is 0. The second-order valence-electron chi connectivity index (χ2n) is 5.57. The third-order valence-electron chi connectivity index (χ3n) is 4.09. The molecular formula is C17H17Cl3N2. The van der Waals surface area contributed by atoms with E-state index in [1.807, 2.05) is 30.3 Å². The smallest absolute Gasteiger partial charge is 0.0595 e. The van der Waals surface area contributed by atoms with Crippen molar-refractivity contribution in [1.29, 1.82) is 0 Å². The molecule has 0 spiro atoms. The fraction of sp³-hybridized carbons (Fsp3) is 0.294. The monoisotopic (exact) mass is 354 g/mol. The highest BCUT2D eigenvalue weighted by atomic mass is 35.5. The number of nitrogens with zero attached hydrogens (tertiary/aromatic N) is 1. The fourth-order valence-electron chi connectivity index (χ4n) is 2.65. The minimum atomic E-state index is 0.464. The van der Waals surface area contributed by atoms with Crippen molar-refractivity contribution in [2.24, 2.45) is 0 Å². The Hall–Kier alpha value is -0.930. The van der Waals surface area contributed by atoms with Crippen molar-refractivity contribution in [3.63, 3.8) is 0 Å². The quantitative estimate of drug-likeness (QED) is 0.836. The van der Waals surface area contributed by atoms with Crippen LogP contribution in [0.3, 0.4) is 0 Å². The predicted molar refractivity (Wildman–Crippen MR) is 95.5 cm³/mol. The third kappa shape index (κ3) is 3.21. The van der Waals surface area contributed by atoms with E-state index in [0.717, 1.165) is 35.8 Å².